The summed E-state index contributed by atoms with van der Waals surface area (Å²) in [6.07, 6.45) is -6.74. The zero-order chi connectivity index (χ0) is 27.0. The molecule has 0 radical (unpaired) electrons. The molecule has 0 saturated carbocycles. The topological polar surface area (TPSA) is 198 Å². The molecular formula is C24H26O13. The minimum atomic E-state index is -1.73. The molecule has 2 aromatic carbocycles. The Labute approximate surface area is 209 Å². The minimum Gasteiger partial charge on any atom is -0.504 e. The maximum Gasteiger partial charge on any atom is 0.229 e. The summed E-state index contributed by atoms with van der Waals surface area (Å²) in [5, 5.41) is 60.6. The highest BCUT2D eigenvalue weighted by molar-refractivity contribution is 5.91. The number of hydrogen-bond donors (Lipinski definition) is 6. The third-order valence-electron chi connectivity index (χ3n) is 6.03. The summed E-state index contributed by atoms with van der Waals surface area (Å²) in [6, 6.07) is 3.92. The molecule has 5 atom stereocenters. The normalized spacial score (nSPS) is 23.6. The molecule has 37 heavy (non-hydrogen) atoms. The molecule has 3 aromatic rings. The van der Waals surface area contributed by atoms with E-state index in [0.717, 1.165) is 6.26 Å². The van der Waals surface area contributed by atoms with Crippen molar-refractivity contribution < 1.29 is 58.7 Å². The average molecular weight is 522 g/mol. The van der Waals surface area contributed by atoms with Crippen molar-refractivity contribution in [3.05, 3.63) is 34.7 Å². The Kier molecular flexibility index (Phi) is 7.34. The quantitative estimate of drug-likeness (QED) is 0.244. The van der Waals surface area contributed by atoms with Crippen molar-refractivity contribution in [2.45, 2.75) is 30.7 Å². The van der Waals surface area contributed by atoms with Crippen LogP contribution in [0.3, 0.4) is 0 Å². The van der Waals surface area contributed by atoms with E-state index in [0.29, 0.717) is 0 Å². The standard InChI is InChI=1S/C24H26O13/c1-32-13-5-9(4-11(26)22(13)33-2)10-8-35-12-6-14(23(34-3)19(29)16(12)17(10)27)36-24-21(31)20(30)18(28)15(7-25)37-24/h4-6,8,15,18,20-21,24-26,28-31H,7H2,1-3H3/t15?,18?,20?,21?,24-/m0/s1. The van der Waals surface area contributed by atoms with Gasteiger partial charge in [0.1, 0.15) is 41.6 Å². The number of benzene rings is 2. The van der Waals surface area contributed by atoms with Gasteiger partial charge in [0.2, 0.25) is 23.2 Å². The van der Waals surface area contributed by atoms with E-state index in [-0.39, 0.29) is 50.8 Å². The lowest BCUT2D eigenvalue weighted by molar-refractivity contribution is -0.277. The largest absolute Gasteiger partial charge is 0.504 e. The molecule has 2 heterocycles. The molecule has 200 valence electrons. The number of fused-ring (bicyclic) bond motifs is 1. The van der Waals surface area contributed by atoms with E-state index in [9.17, 15) is 35.4 Å². The molecule has 1 aliphatic rings. The first-order chi connectivity index (χ1) is 17.7. The zero-order valence-corrected chi connectivity index (χ0v) is 19.9. The summed E-state index contributed by atoms with van der Waals surface area (Å²) in [5.41, 5.74) is -0.617. The lowest BCUT2D eigenvalue weighted by atomic mass is 9.99. The Hall–Kier alpha value is -3.75. The van der Waals surface area contributed by atoms with E-state index in [1.165, 1.54) is 39.5 Å². The van der Waals surface area contributed by atoms with E-state index in [4.69, 9.17) is 28.1 Å². The minimum absolute atomic E-state index is 0.0243. The van der Waals surface area contributed by atoms with Crippen LogP contribution in [0.25, 0.3) is 22.1 Å². The van der Waals surface area contributed by atoms with Gasteiger partial charge >= 0.3 is 0 Å². The maximum absolute atomic E-state index is 13.4. The maximum atomic E-state index is 13.4. The SMILES string of the molecule is COc1cc(-c2coc3cc(O[C@H]4OC(CO)C(O)C(O)C4O)c(OC)c(O)c3c2=O)cc(O)c1OC. The lowest BCUT2D eigenvalue weighted by Gasteiger charge is -2.39. The predicted octanol–water partition coefficient (Wildman–Crippen LogP) is 0.0757. The summed E-state index contributed by atoms with van der Waals surface area (Å²) in [4.78, 5) is 13.4. The first-order valence-electron chi connectivity index (χ1n) is 10.9. The molecule has 13 nitrogen and oxygen atoms in total. The smallest absolute Gasteiger partial charge is 0.229 e. The van der Waals surface area contributed by atoms with Gasteiger partial charge in [-0.1, -0.05) is 0 Å². The number of phenols is 2. The number of phenolic OH excluding ortho intramolecular Hbond substituents is 2. The number of aliphatic hydroxyl groups is 4. The molecular weight excluding hydrogens is 496 g/mol. The number of rotatable bonds is 7. The van der Waals surface area contributed by atoms with Crippen molar-refractivity contribution >= 4 is 11.0 Å². The van der Waals surface area contributed by atoms with Crippen molar-refractivity contribution in [2.24, 2.45) is 0 Å². The molecule has 0 aliphatic carbocycles. The first-order valence-corrected chi connectivity index (χ1v) is 10.9. The summed E-state index contributed by atoms with van der Waals surface area (Å²) < 4.78 is 32.0. The molecule has 1 fully saturated rings. The summed E-state index contributed by atoms with van der Waals surface area (Å²) >= 11 is 0. The van der Waals surface area contributed by atoms with Gasteiger partial charge in [-0.2, -0.15) is 0 Å². The van der Waals surface area contributed by atoms with Crippen molar-refractivity contribution in [1.29, 1.82) is 0 Å². The van der Waals surface area contributed by atoms with Crippen LogP contribution in [0.1, 0.15) is 0 Å². The van der Waals surface area contributed by atoms with Crippen LogP contribution in [0.2, 0.25) is 0 Å². The van der Waals surface area contributed by atoms with E-state index < -0.39 is 48.5 Å². The van der Waals surface area contributed by atoms with Gasteiger partial charge in [-0.15, -0.1) is 0 Å². The molecule has 6 N–H and O–H groups in total. The van der Waals surface area contributed by atoms with Crippen LogP contribution in [-0.4, -0.2) is 89.3 Å². The molecule has 0 spiro atoms. The highest BCUT2D eigenvalue weighted by Crippen LogP contribution is 2.44. The lowest BCUT2D eigenvalue weighted by Crippen LogP contribution is -2.60. The molecule has 0 bridgehead atoms. The number of aliphatic hydroxyl groups excluding tert-OH is 4. The molecule has 4 rings (SSSR count). The predicted molar refractivity (Wildman–Crippen MR) is 125 cm³/mol. The third-order valence-corrected chi connectivity index (χ3v) is 6.03. The van der Waals surface area contributed by atoms with Crippen molar-refractivity contribution in [1.82, 2.24) is 0 Å². The Morgan fingerprint density at radius 2 is 1.59 bits per heavy atom. The van der Waals surface area contributed by atoms with Gasteiger partial charge in [0.25, 0.3) is 0 Å². The fourth-order valence-electron chi connectivity index (χ4n) is 4.10. The van der Waals surface area contributed by atoms with E-state index in [1.54, 1.807) is 0 Å². The summed E-state index contributed by atoms with van der Waals surface area (Å²) in [5.74, 6) is -1.26. The molecule has 4 unspecified atom stereocenters. The highest BCUT2D eigenvalue weighted by atomic mass is 16.7. The van der Waals surface area contributed by atoms with Crippen molar-refractivity contribution in [2.75, 3.05) is 27.9 Å². The first kappa shape index (κ1) is 26.3. The van der Waals surface area contributed by atoms with Crippen molar-refractivity contribution in [3.8, 4) is 45.6 Å². The number of ether oxygens (including phenoxy) is 5. The second-order valence-corrected chi connectivity index (χ2v) is 8.15. The van der Waals surface area contributed by atoms with E-state index in [1.807, 2.05) is 0 Å². The number of methoxy groups -OCH3 is 3. The van der Waals surface area contributed by atoms with Gasteiger partial charge in [-0.25, -0.2) is 0 Å². The molecule has 0 amide bonds. The Morgan fingerprint density at radius 3 is 2.22 bits per heavy atom. The van der Waals surface area contributed by atoms with Crippen molar-refractivity contribution in [3.63, 3.8) is 0 Å². The third kappa shape index (κ3) is 4.47. The number of aromatic hydroxyl groups is 2. The van der Waals surface area contributed by atoms with Crippen LogP contribution in [0.4, 0.5) is 0 Å². The van der Waals surface area contributed by atoms with Gasteiger partial charge < -0.3 is 58.7 Å². The molecule has 1 aromatic heterocycles. The van der Waals surface area contributed by atoms with Gasteiger partial charge in [0, 0.05) is 6.07 Å². The summed E-state index contributed by atoms with van der Waals surface area (Å²) in [7, 11) is 3.90. The number of hydrogen-bond acceptors (Lipinski definition) is 13. The zero-order valence-electron chi connectivity index (χ0n) is 19.9. The fraction of sp³-hybridized carbons (Fsp3) is 0.375. The van der Waals surface area contributed by atoms with Crippen LogP contribution in [0.5, 0.6) is 34.5 Å². The average Bonchev–Trinajstić information content (AvgIpc) is 2.88. The van der Waals surface area contributed by atoms with Crippen LogP contribution >= 0.6 is 0 Å². The van der Waals surface area contributed by atoms with Gasteiger partial charge in [-0.05, 0) is 17.7 Å². The monoisotopic (exact) mass is 522 g/mol. The summed E-state index contributed by atoms with van der Waals surface area (Å²) in [6.45, 7) is -0.672. The van der Waals surface area contributed by atoms with Crippen LogP contribution in [0.15, 0.2) is 33.7 Å². The van der Waals surface area contributed by atoms with Crippen LogP contribution in [0, 0.1) is 0 Å². The van der Waals surface area contributed by atoms with E-state index >= 15 is 0 Å². The van der Waals surface area contributed by atoms with Crippen LogP contribution < -0.4 is 24.4 Å². The highest BCUT2D eigenvalue weighted by Gasteiger charge is 2.45. The molecule has 1 aliphatic heterocycles. The fourth-order valence-corrected chi connectivity index (χ4v) is 4.10. The van der Waals surface area contributed by atoms with Crippen LogP contribution in [-0.2, 0) is 4.74 Å². The Bertz CT molecular complexity index is 1350. The Morgan fingerprint density at radius 1 is 0.892 bits per heavy atom. The van der Waals surface area contributed by atoms with Gasteiger partial charge in [0.15, 0.2) is 23.0 Å². The second-order valence-electron chi connectivity index (χ2n) is 8.15. The van der Waals surface area contributed by atoms with E-state index in [2.05, 4.69) is 0 Å². The Balaban J connectivity index is 1.80. The second kappa shape index (κ2) is 10.3. The van der Waals surface area contributed by atoms with Gasteiger partial charge in [0.05, 0.1) is 33.5 Å². The molecule has 1 saturated heterocycles. The molecule has 13 heteroatoms. The van der Waals surface area contributed by atoms with Gasteiger partial charge in [-0.3, -0.25) is 4.79 Å².